The van der Waals surface area contributed by atoms with Gasteiger partial charge in [-0.25, -0.2) is 4.98 Å². The van der Waals surface area contributed by atoms with E-state index < -0.39 is 0 Å². The molecule has 1 amide bonds. The molecule has 0 radical (unpaired) electrons. The summed E-state index contributed by atoms with van der Waals surface area (Å²) in [5.41, 5.74) is 2.11. The highest BCUT2D eigenvalue weighted by atomic mass is 35.5. The van der Waals surface area contributed by atoms with Gasteiger partial charge in [0.1, 0.15) is 5.15 Å². The first-order valence-corrected chi connectivity index (χ1v) is 9.95. The van der Waals surface area contributed by atoms with E-state index in [1.165, 1.54) is 0 Å². The Hall–Kier alpha value is -3.39. The Morgan fingerprint density at radius 3 is 2.57 bits per heavy atom. The molecule has 0 aliphatic carbocycles. The standard InChI is InChI=1S/C21H18ClN5O3/c22-20-15(2-1-7-23-20)21(28)27-10-8-26(9-11-27)19-6-4-16(24-25-19)14-3-5-17-18(12-14)30-13-29-17/h1-7,12H,8-11,13H2. The Morgan fingerprint density at radius 2 is 1.80 bits per heavy atom. The number of ether oxygens (including phenoxy) is 2. The minimum Gasteiger partial charge on any atom is -0.454 e. The Kier molecular flexibility index (Phi) is 4.84. The third-order valence-electron chi connectivity index (χ3n) is 5.20. The van der Waals surface area contributed by atoms with Gasteiger partial charge in [-0.2, -0.15) is 0 Å². The highest BCUT2D eigenvalue weighted by molar-refractivity contribution is 6.32. The van der Waals surface area contributed by atoms with Crippen molar-refractivity contribution in [2.45, 2.75) is 0 Å². The molecule has 0 spiro atoms. The molecule has 30 heavy (non-hydrogen) atoms. The van der Waals surface area contributed by atoms with Crippen LogP contribution in [0.4, 0.5) is 5.82 Å². The Morgan fingerprint density at radius 1 is 0.967 bits per heavy atom. The first-order valence-electron chi connectivity index (χ1n) is 9.57. The third-order valence-corrected chi connectivity index (χ3v) is 5.50. The normalized spacial score (nSPS) is 15.4. The number of carbonyl (C=O) groups excluding carboxylic acids is 1. The molecular formula is C21H18ClN5O3. The first-order chi connectivity index (χ1) is 14.7. The number of pyridine rings is 1. The molecule has 5 rings (SSSR count). The lowest BCUT2D eigenvalue weighted by molar-refractivity contribution is 0.0746. The van der Waals surface area contributed by atoms with E-state index in [9.17, 15) is 4.79 Å². The van der Waals surface area contributed by atoms with Crippen LogP contribution in [0.25, 0.3) is 11.3 Å². The van der Waals surface area contributed by atoms with Crippen molar-refractivity contribution in [2.24, 2.45) is 0 Å². The highest BCUT2D eigenvalue weighted by Crippen LogP contribution is 2.35. The molecule has 152 valence electrons. The fourth-order valence-electron chi connectivity index (χ4n) is 3.56. The summed E-state index contributed by atoms with van der Waals surface area (Å²) in [6.45, 7) is 2.74. The zero-order valence-electron chi connectivity index (χ0n) is 16.0. The summed E-state index contributed by atoms with van der Waals surface area (Å²) >= 11 is 6.06. The number of aromatic nitrogens is 3. The quantitative estimate of drug-likeness (QED) is 0.599. The van der Waals surface area contributed by atoms with Crippen LogP contribution in [0, 0.1) is 0 Å². The SMILES string of the molecule is O=C(c1cccnc1Cl)N1CCN(c2ccc(-c3ccc4c(c3)OCO4)nn2)CC1. The maximum absolute atomic E-state index is 12.7. The van der Waals surface area contributed by atoms with Crippen molar-refractivity contribution < 1.29 is 14.3 Å². The smallest absolute Gasteiger partial charge is 0.257 e. The van der Waals surface area contributed by atoms with E-state index in [0.717, 1.165) is 22.8 Å². The molecule has 0 bridgehead atoms. The number of carbonyl (C=O) groups is 1. The van der Waals surface area contributed by atoms with E-state index in [1.807, 2.05) is 30.3 Å². The fourth-order valence-corrected chi connectivity index (χ4v) is 3.76. The summed E-state index contributed by atoms with van der Waals surface area (Å²) in [6.07, 6.45) is 1.57. The van der Waals surface area contributed by atoms with Gasteiger partial charge in [-0.15, -0.1) is 10.2 Å². The molecule has 2 aliphatic rings. The molecule has 8 nitrogen and oxygen atoms in total. The molecule has 2 aliphatic heterocycles. The second kappa shape index (κ2) is 7.79. The van der Waals surface area contributed by atoms with E-state index in [2.05, 4.69) is 20.1 Å². The summed E-state index contributed by atoms with van der Waals surface area (Å²) < 4.78 is 10.8. The molecule has 1 saturated heterocycles. The highest BCUT2D eigenvalue weighted by Gasteiger charge is 2.24. The number of anilines is 1. The van der Waals surface area contributed by atoms with Crippen LogP contribution in [0.5, 0.6) is 11.5 Å². The van der Waals surface area contributed by atoms with Crippen LogP contribution < -0.4 is 14.4 Å². The summed E-state index contributed by atoms with van der Waals surface area (Å²) in [4.78, 5) is 20.6. The zero-order chi connectivity index (χ0) is 20.5. The molecule has 2 aromatic heterocycles. The van der Waals surface area contributed by atoms with Crippen molar-refractivity contribution in [3.8, 4) is 22.8 Å². The number of amides is 1. The first kappa shape index (κ1) is 18.6. The lowest BCUT2D eigenvalue weighted by atomic mass is 10.1. The maximum atomic E-state index is 12.7. The van der Waals surface area contributed by atoms with E-state index >= 15 is 0 Å². The van der Waals surface area contributed by atoms with Crippen LogP contribution in [0.15, 0.2) is 48.7 Å². The van der Waals surface area contributed by atoms with Crippen LogP contribution in [-0.4, -0.2) is 59.0 Å². The number of halogens is 1. The number of benzene rings is 1. The van der Waals surface area contributed by atoms with Crippen molar-refractivity contribution in [3.05, 3.63) is 59.4 Å². The Balaban J connectivity index is 1.24. The van der Waals surface area contributed by atoms with E-state index in [-0.39, 0.29) is 17.9 Å². The van der Waals surface area contributed by atoms with Crippen molar-refractivity contribution in [2.75, 3.05) is 37.9 Å². The molecule has 1 fully saturated rings. The lowest BCUT2D eigenvalue weighted by Crippen LogP contribution is -2.49. The van der Waals surface area contributed by atoms with Gasteiger partial charge in [-0.3, -0.25) is 4.79 Å². The largest absolute Gasteiger partial charge is 0.454 e. The molecule has 1 aromatic carbocycles. The van der Waals surface area contributed by atoms with Gasteiger partial charge in [0.05, 0.1) is 11.3 Å². The summed E-state index contributed by atoms with van der Waals surface area (Å²) in [5, 5.41) is 8.98. The number of hydrogen-bond acceptors (Lipinski definition) is 7. The zero-order valence-corrected chi connectivity index (χ0v) is 16.7. The summed E-state index contributed by atoms with van der Waals surface area (Å²) in [6, 6.07) is 13.0. The average Bonchev–Trinajstić information content (AvgIpc) is 3.27. The Bertz CT molecular complexity index is 1080. The van der Waals surface area contributed by atoms with Gasteiger partial charge in [-0.1, -0.05) is 11.6 Å². The van der Waals surface area contributed by atoms with Crippen molar-refractivity contribution in [1.29, 1.82) is 0 Å². The maximum Gasteiger partial charge on any atom is 0.257 e. The molecule has 0 saturated carbocycles. The third kappa shape index (κ3) is 3.50. The van der Waals surface area contributed by atoms with Crippen LogP contribution in [0.3, 0.4) is 0 Å². The molecule has 9 heteroatoms. The van der Waals surface area contributed by atoms with Crippen LogP contribution in [-0.2, 0) is 0 Å². The van der Waals surface area contributed by atoms with E-state index in [1.54, 1.807) is 23.2 Å². The van der Waals surface area contributed by atoms with Crippen molar-refractivity contribution >= 4 is 23.3 Å². The predicted molar refractivity (Wildman–Crippen MR) is 111 cm³/mol. The molecule has 0 atom stereocenters. The van der Waals surface area contributed by atoms with Gasteiger partial charge in [0, 0.05) is 37.9 Å². The van der Waals surface area contributed by atoms with Crippen LogP contribution in [0.1, 0.15) is 10.4 Å². The van der Waals surface area contributed by atoms with E-state index in [4.69, 9.17) is 21.1 Å². The van der Waals surface area contributed by atoms with Gasteiger partial charge >= 0.3 is 0 Å². The predicted octanol–water partition coefficient (Wildman–Crippen LogP) is 2.88. The number of fused-ring (bicyclic) bond motifs is 1. The van der Waals surface area contributed by atoms with Gasteiger partial charge in [0.25, 0.3) is 5.91 Å². The fraction of sp³-hybridized carbons (Fsp3) is 0.238. The molecule has 3 aromatic rings. The van der Waals surface area contributed by atoms with Crippen LogP contribution in [0.2, 0.25) is 5.15 Å². The lowest BCUT2D eigenvalue weighted by Gasteiger charge is -2.35. The second-order valence-electron chi connectivity index (χ2n) is 6.97. The van der Waals surface area contributed by atoms with Gasteiger partial charge in [-0.05, 0) is 42.5 Å². The summed E-state index contributed by atoms with van der Waals surface area (Å²) in [5.74, 6) is 2.14. The van der Waals surface area contributed by atoms with Crippen LogP contribution >= 0.6 is 11.6 Å². The number of rotatable bonds is 3. The van der Waals surface area contributed by atoms with Crippen molar-refractivity contribution in [1.82, 2.24) is 20.1 Å². The minimum absolute atomic E-state index is 0.100. The topological polar surface area (TPSA) is 80.7 Å². The molecular weight excluding hydrogens is 406 g/mol. The molecule has 4 heterocycles. The number of piperazine rings is 1. The van der Waals surface area contributed by atoms with Gasteiger partial charge in [0.15, 0.2) is 17.3 Å². The molecule has 0 unspecified atom stereocenters. The van der Waals surface area contributed by atoms with E-state index in [0.29, 0.717) is 37.5 Å². The van der Waals surface area contributed by atoms with Crippen molar-refractivity contribution in [3.63, 3.8) is 0 Å². The Labute approximate surface area is 178 Å². The monoisotopic (exact) mass is 423 g/mol. The molecule has 0 N–H and O–H groups in total. The number of nitrogens with zero attached hydrogens (tertiary/aromatic N) is 5. The summed E-state index contributed by atoms with van der Waals surface area (Å²) in [7, 11) is 0. The van der Waals surface area contributed by atoms with Gasteiger partial charge in [0.2, 0.25) is 6.79 Å². The minimum atomic E-state index is -0.100. The second-order valence-corrected chi connectivity index (χ2v) is 7.32. The number of hydrogen-bond donors (Lipinski definition) is 0. The van der Waals surface area contributed by atoms with Gasteiger partial charge < -0.3 is 19.3 Å². The average molecular weight is 424 g/mol.